The van der Waals surface area contributed by atoms with E-state index < -0.39 is 16.2 Å². The summed E-state index contributed by atoms with van der Waals surface area (Å²) in [7, 11) is -7.89. The van der Waals surface area contributed by atoms with E-state index in [9.17, 15) is 14.4 Å². The largest absolute Gasteiger partial charge is 2.00 e. The molecule has 0 saturated heterocycles. The molecule has 15 heavy (non-hydrogen) atoms. The second-order valence-electron chi connectivity index (χ2n) is 2.06. The summed E-state index contributed by atoms with van der Waals surface area (Å²) in [4.78, 5) is 46.1. The van der Waals surface area contributed by atoms with Crippen molar-refractivity contribution in [1.29, 1.82) is 0 Å². The molecule has 0 amide bonds. The van der Waals surface area contributed by atoms with Gasteiger partial charge in [0.05, 0.1) is 0 Å². The van der Waals surface area contributed by atoms with Crippen LogP contribution in [0.5, 0.6) is 0 Å². The molecule has 6 nitrogen and oxygen atoms in total. The molecule has 0 aliphatic carbocycles. The predicted molar refractivity (Wildman–Crippen MR) is 40.6 cm³/mol. The Morgan fingerprint density at radius 2 is 1.33 bits per heavy atom. The van der Waals surface area contributed by atoms with E-state index in [1.54, 1.807) is 6.07 Å². The fraction of sp³-hybridized carbons (Fsp3) is 0. The van der Waals surface area contributed by atoms with Gasteiger partial charge in [-0.1, -0.05) is 30.3 Å². The van der Waals surface area contributed by atoms with Crippen LogP contribution >= 0.6 is 16.2 Å². The summed E-state index contributed by atoms with van der Waals surface area (Å²) < 4.78 is 10.3. The van der Waals surface area contributed by atoms with E-state index in [-0.39, 0.29) is 31.5 Å². The molecule has 1 aromatic carbocycles. The fourth-order valence-corrected chi connectivity index (χ4v) is 1.15. The third-order valence-corrected chi connectivity index (χ3v) is 2.00. The van der Waals surface area contributed by atoms with E-state index >= 15 is 0 Å². The van der Waals surface area contributed by atoms with Gasteiger partial charge >= 0.3 is 26.2 Å². The SMILES string of the molecule is O=P([O-])([O-])c1ccccc1.[O-]P([O-])[O-].[Zr+2]. The minimum absolute atomic E-state index is 0. The van der Waals surface area contributed by atoms with Gasteiger partial charge in [-0.05, 0) is 12.9 Å². The van der Waals surface area contributed by atoms with Crippen molar-refractivity contribution in [3.63, 3.8) is 0 Å². The van der Waals surface area contributed by atoms with Crippen LogP contribution in [0.2, 0.25) is 0 Å². The van der Waals surface area contributed by atoms with Crippen LogP contribution in [0.3, 0.4) is 0 Å². The van der Waals surface area contributed by atoms with Crippen molar-refractivity contribution in [1.82, 2.24) is 0 Å². The first kappa shape index (κ1) is 17.9. The van der Waals surface area contributed by atoms with E-state index in [1.807, 2.05) is 0 Å². The van der Waals surface area contributed by atoms with Crippen LogP contribution < -0.4 is 29.8 Å². The molecule has 0 N–H and O–H groups in total. The third-order valence-electron chi connectivity index (χ3n) is 1.07. The van der Waals surface area contributed by atoms with E-state index in [2.05, 4.69) is 0 Å². The van der Waals surface area contributed by atoms with Gasteiger partial charge in [-0.3, -0.25) is 0 Å². The smallest absolute Gasteiger partial charge is 0.854 e. The van der Waals surface area contributed by atoms with Gasteiger partial charge in [0, 0.05) is 0 Å². The van der Waals surface area contributed by atoms with Crippen molar-refractivity contribution in [2.45, 2.75) is 0 Å². The minimum Gasteiger partial charge on any atom is -0.854 e. The maximum atomic E-state index is 10.3. The van der Waals surface area contributed by atoms with Crippen molar-refractivity contribution in [2.24, 2.45) is 0 Å². The summed E-state index contributed by atoms with van der Waals surface area (Å²) >= 11 is 0. The summed E-state index contributed by atoms with van der Waals surface area (Å²) in [5.41, 5.74) is 0. The fourth-order valence-electron chi connectivity index (χ4n) is 0.611. The van der Waals surface area contributed by atoms with Gasteiger partial charge in [0.15, 0.2) is 0 Å². The van der Waals surface area contributed by atoms with Gasteiger partial charge in [0.1, 0.15) is 0 Å². The molecule has 1 rings (SSSR count). The Balaban J connectivity index is 0. The molecule has 0 radical (unpaired) electrons. The van der Waals surface area contributed by atoms with Crippen LogP contribution in [0.1, 0.15) is 0 Å². The summed E-state index contributed by atoms with van der Waals surface area (Å²) in [6.07, 6.45) is 0. The molecule has 0 saturated carbocycles. The Morgan fingerprint density at radius 3 is 1.53 bits per heavy atom. The average molecular weight is 326 g/mol. The Morgan fingerprint density at radius 1 is 1.00 bits per heavy atom. The zero-order valence-corrected chi connectivity index (χ0v) is 11.5. The van der Waals surface area contributed by atoms with Crippen molar-refractivity contribution in [3.05, 3.63) is 30.3 Å². The summed E-state index contributed by atoms with van der Waals surface area (Å²) in [5.74, 6) is 0. The van der Waals surface area contributed by atoms with E-state index in [4.69, 9.17) is 14.7 Å². The normalized spacial score (nSPS) is 10.0. The van der Waals surface area contributed by atoms with E-state index in [1.165, 1.54) is 24.3 Å². The molecule has 82 valence electrons. The second-order valence-corrected chi connectivity index (χ2v) is 4.02. The number of hydrogen-bond acceptors (Lipinski definition) is 6. The summed E-state index contributed by atoms with van der Waals surface area (Å²) in [6.45, 7) is 0. The monoisotopic (exact) mass is 325 g/mol. The van der Waals surface area contributed by atoms with Gasteiger partial charge in [-0.2, -0.15) is 0 Å². The quantitative estimate of drug-likeness (QED) is 0.492. The maximum absolute atomic E-state index is 10.3. The molecule has 0 bridgehead atoms. The molecular weight excluding hydrogens is 321 g/mol. The molecule has 0 aromatic heterocycles. The second kappa shape index (κ2) is 8.69. The van der Waals surface area contributed by atoms with Gasteiger partial charge in [0.2, 0.25) is 0 Å². The zero-order chi connectivity index (χ0) is 11.2. The average Bonchev–Trinajstić information content (AvgIpc) is 2.03. The molecule has 0 unspecified atom stereocenters. The standard InChI is InChI=1S/C6H7O3P.O3P.Zr/c7-10(8,9)6-4-2-1-3-5-6;1-4(2)3;/h1-5H,(H2,7,8,9);;/q;-3;+2/p-2. The van der Waals surface area contributed by atoms with Gasteiger partial charge in [-0.25, -0.2) is 0 Å². The van der Waals surface area contributed by atoms with Gasteiger partial charge in [0.25, 0.3) is 0 Å². The summed E-state index contributed by atoms with van der Waals surface area (Å²) in [5, 5.41) is -0.157. The number of rotatable bonds is 1. The van der Waals surface area contributed by atoms with Gasteiger partial charge in [-0.15, -0.1) is 0 Å². The first-order valence-corrected chi connectivity index (χ1v) is 5.87. The van der Waals surface area contributed by atoms with Crippen LogP contribution in [0.25, 0.3) is 0 Å². The Labute approximate surface area is 107 Å². The molecule has 9 heteroatoms. The molecular formula is C6H5O6P2Zr-3. The maximum Gasteiger partial charge on any atom is 2.00 e. The zero-order valence-electron chi connectivity index (χ0n) is 7.23. The molecule has 0 aliphatic rings. The molecule has 0 aliphatic heterocycles. The third kappa shape index (κ3) is 10.8. The summed E-state index contributed by atoms with van der Waals surface area (Å²) in [6, 6.07) is 7.23. The van der Waals surface area contributed by atoms with Crippen molar-refractivity contribution < 1.29 is 55.2 Å². The first-order valence-electron chi connectivity index (χ1n) is 3.23. The Hall–Kier alpha value is 0.563. The Bertz CT molecular complexity index is 297. The van der Waals surface area contributed by atoms with Crippen LogP contribution in [0.4, 0.5) is 0 Å². The number of hydrogen-bond donors (Lipinski definition) is 0. The van der Waals surface area contributed by atoms with Crippen LogP contribution in [0.15, 0.2) is 30.3 Å². The predicted octanol–water partition coefficient (Wildman–Crippen LogP) is -3.48. The molecule has 0 spiro atoms. The molecule has 0 atom stereocenters. The molecule has 1 aromatic rings. The van der Waals surface area contributed by atoms with Crippen molar-refractivity contribution in [3.8, 4) is 0 Å². The van der Waals surface area contributed by atoms with Crippen LogP contribution in [0, 0.1) is 0 Å². The van der Waals surface area contributed by atoms with E-state index in [0.717, 1.165) is 0 Å². The molecule has 0 fully saturated rings. The van der Waals surface area contributed by atoms with Crippen molar-refractivity contribution >= 4 is 21.5 Å². The van der Waals surface area contributed by atoms with Gasteiger partial charge < -0.3 is 37.6 Å². The Kier molecular flexibility index (Phi) is 10.4. The van der Waals surface area contributed by atoms with Crippen LogP contribution in [-0.4, -0.2) is 0 Å². The topological polar surface area (TPSA) is 132 Å². The number of benzene rings is 1. The van der Waals surface area contributed by atoms with Crippen molar-refractivity contribution in [2.75, 3.05) is 0 Å². The molecule has 0 heterocycles. The first-order chi connectivity index (χ1) is 6.34. The minimum atomic E-state index is -4.52. The van der Waals surface area contributed by atoms with Crippen LogP contribution in [-0.2, 0) is 30.8 Å². The van der Waals surface area contributed by atoms with E-state index in [0.29, 0.717) is 0 Å².